The Morgan fingerprint density at radius 3 is 2.35 bits per heavy atom. The molecule has 3 heteroatoms. The van der Waals surface area contributed by atoms with Gasteiger partial charge >= 0.3 is 0 Å². The molecule has 2 N–H and O–H groups in total. The maximum atomic E-state index is 3.53. The Balaban J connectivity index is 1.74. The zero-order chi connectivity index (χ0) is 12.1. The lowest BCUT2D eigenvalue weighted by molar-refractivity contribution is 0.312. The highest BCUT2D eigenvalue weighted by molar-refractivity contribution is 9.10. The number of benzene rings is 1. The van der Waals surface area contributed by atoms with Gasteiger partial charge < -0.3 is 10.6 Å². The van der Waals surface area contributed by atoms with E-state index in [-0.39, 0.29) is 0 Å². The minimum atomic E-state index is 0.749. The van der Waals surface area contributed by atoms with Gasteiger partial charge in [0.2, 0.25) is 0 Å². The maximum Gasteiger partial charge on any atom is 0.0341 e. The summed E-state index contributed by atoms with van der Waals surface area (Å²) in [6.45, 7) is 1.11. The lowest BCUT2D eigenvalue weighted by Gasteiger charge is -2.28. The zero-order valence-corrected chi connectivity index (χ0v) is 12.0. The first-order chi connectivity index (χ1) is 8.28. The van der Waals surface area contributed by atoms with Crippen LogP contribution in [0.4, 0.5) is 5.69 Å². The fourth-order valence-electron chi connectivity index (χ4n) is 2.49. The molecule has 2 nitrogen and oxygen atoms in total. The van der Waals surface area contributed by atoms with Crippen molar-refractivity contribution in [2.75, 3.05) is 18.9 Å². The second-order valence-electron chi connectivity index (χ2n) is 4.89. The molecule has 0 aliphatic heterocycles. The average Bonchev–Trinajstić information content (AvgIpc) is 2.39. The van der Waals surface area contributed by atoms with Crippen LogP contribution in [0.5, 0.6) is 0 Å². The summed E-state index contributed by atoms with van der Waals surface area (Å²) in [6, 6.07) is 9.17. The predicted molar refractivity (Wildman–Crippen MR) is 77.4 cm³/mol. The summed E-state index contributed by atoms with van der Waals surface area (Å²) in [5, 5.41) is 6.91. The third-order valence-corrected chi connectivity index (χ3v) is 4.22. The van der Waals surface area contributed by atoms with Crippen molar-refractivity contribution in [3.8, 4) is 0 Å². The molecule has 0 unspecified atom stereocenters. The molecule has 0 saturated heterocycles. The summed E-state index contributed by atoms with van der Waals surface area (Å²) in [4.78, 5) is 0. The van der Waals surface area contributed by atoms with Gasteiger partial charge in [0.1, 0.15) is 0 Å². The van der Waals surface area contributed by atoms with Crippen LogP contribution < -0.4 is 10.6 Å². The quantitative estimate of drug-likeness (QED) is 0.886. The van der Waals surface area contributed by atoms with Gasteiger partial charge in [-0.1, -0.05) is 15.9 Å². The lowest BCUT2D eigenvalue weighted by Crippen LogP contribution is -2.32. The van der Waals surface area contributed by atoms with E-state index in [1.807, 2.05) is 0 Å². The lowest BCUT2D eigenvalue weighted by atomic mass is 9.86. The van der Waals surface area contributed by atoms with Crippen molar-refractivity contribution in [2.45, 2.75) is 31.7 Å². The van der Waals surface area contributed by atoms with Crippen LogP contribution in [0.1, 0.15) is 25.7 Å². The standard InChI is InChI=1S/C14H21BrN2/c1-16-13-6-2-11(3-7-13)10-17-14-8-4-12(15)5-9-14/h4-5,8-9,11,13,16-17H,2-3,6-7,10H2,1H3. The van der Waals surface area contributed by atoms with Gasteiger partial charge in [0, 0.05) is 22.7 Å². The number of hydrogen-bond donors (Lipinski definition) is 2. The second kappa shape index (κ2) is 6.41. The summed E-state index contributed by atoms with van der Waals surface area (Å²) in [5.41, 5.74) is 1.23. The fourth-order valence-corrected chi connectivity index (χ4v) is 2.75. The van der Waals surface area contributed by atoms with Crippen molar-refractivity contribution in [3.63, 3.8) is 0 Å². The van der Waals surface area contributed by atoms with Gasteiger partial charge in [0.05, 0.1) is 0 Å². The molecule has 0 atom stereocenters. The molecule has 0 heterocycles. The molecule has 1 aliphatic rings. The van der Waals surface area contributed by atoms with E-state index >= 15 is 0 Å². The number of halogens is 1. The van der Waals surface area contributed by atoms with Gasteiger partial charge in [-0.2, -0.15) is 0 Å². The molecule has 2 rings (SSSR count). The minimum absolute atomic E-state index is 0.749. The number of rotatable bonds is 4. The third-order valence-electron chi connectivity index (χ3n) is 3.69. The highest BCUT2D eigenvalue weighted by Crippen LogP contribution is 2.24. The van der Waals surface area contributed by atoms with Crippen LogP contribution >= 0.6 is 15.9 Å². The molecule has 1 aromatic rings. The largest absolute Gasteiger partial charge is 0.385 e. The summed E-state index contributed by atoms with van der Waals surface area (Å²) in [7, 11) is 2.07. The van der Waals surface area contributed by atoms with Gasteiger partial charge in [-0.3, -0.25) is 0 Å². The molecule has 94 valence electrons. The van der Waals surface area contributed by atoms with Crippen molar-refractivity contribution in [1.29, 1.82) is 0 Å². The molecule has 1 saturated carbocycles. The van der Waals surface area contributed by atoms with Crippen molar-refractivity contribution in [3.05, 3.63) is 28.7 Å². The topological polar surface area (TPSA) is 24.1 Å². The molecular weight excluding hydrogens is 276 g/mol. The Morgan fingerprint density at radius 1 is 1.12 bits per heavy atom. The molecule has 17 heavy (non-hydrogen) atoms. The van der Waals surface area contributed by atoms with Crippen LogP contribution in [-0.2, 0) is 0 Å². The normalized spacial score (nSPS) is 24.6. The van der Waals surface area contributed by atoms with E-state index < -0.39 is 0 Å². The van der Waals surface area contributed by atoms with E-state index in [0.29, 0.717) is 0 Å². The first-order valence-electron chi connectivity index (χ1n) is 6.44. The molecule has 0 aromatic heterocycles. The van der Waals surface area contributed by atoms with E-state index in [1.165, 1.54) is 31.4 Å². The molecule has 0 amide bonds. The molecule has 0 bridgehead atoms. The van der Waals surface area contributed by atoms with Gasteiger partial charge in [-0.15, -0.1) is 0 Å². The van der Waals surface area contributed by atoms with Crippen LogP contribution in [0.3, 0.4) is 0 Å². The van der Waals surface area contributed by atoms with Crippen LogP contribution in [0, 0.1) is 5.92 Å². The Labute approximate surface area is 112 Å². The monoisotopic (exact) mass is 296 g/mol. The fraction of sp³-hybridized carbons (Fsp3) is 0.571. The Morgan fingerprint density at radius 2 is 1.76 bits per heavy atom. The predicted octanol–water partition coefficient (Wildman–Crippen LogP) is 3.64. The van der Waals surface area contributed by atoms with Crippen molar-refractivity contribution >= 4 is 21.6 Å². The maximum absolute atomic E-state index is 3.53. The van der Waals surface area contributed by atoms with E-state index in [0.717, 1.165) is 23.0 Å². The molecule has 1 aromatic carbocycles. The summed E-state index contributed by atoms with van der Waals surface area (Å²) in [5.74, 6) is 0.836. The van der Waals surface area contributed by atoms with E-state index in [4.69, 9.17) is 0 Å². The zero-order valence-electron chi connectivity index (χ0n) is 10.4. The van der Waals surface area contributed by atoms with Gasteiger partial charge in [0.25, 0.3) is 0 Å². The van der Waals surface area contributed by atoms with Crippen molar-refractivity contribution in [1.82, 2.24) is 5.32 Å². The summed E-state index contributed by atoms with van der Waals surface area (Å²) in [6.07, 6.45) is 5.33. The van der Waals surface area contributed by atoms with Crippen molar-refractivity contribution in [2.24, 2.45) is 5.92 Å². The summed E-state index contributed by atoms with van der Waals surface area (Å²) < 4.78 is 1.14. The van der Waals surface area contributed by atoms with Crippen LogP contribution in [0.15, 0.2) is 28.7 Å². The SMILES string of the molecule is CNC1CCC(CNc2ccc(Br)cc2)CC1. The van der Waals surface area contributed by atoms with Crippen molar-refractivity contribution < 1.29 is 0 Å². The van der Waals surface area contributed by atoms with Gasteiger partial charge in [0.15, 0.2) is 0 Å². The number of hydrogen-bond acceptors (Lipinski definition) is 2. The molecule has 1 fully saturated rings. The van der Waals surface area contributed by atoms with Crippen LogP contribution in [-0.4, -0.2) is 19.6 Å². The highest BCUT2D eigenvalue weighted by Gasteiger charge is 2.19. The Hall–Kier alpha value is -0.540. The van der Waals surface area contributed by atoms with E-state index in [1.54, 1.807) is 0 Å². The smallest absolute Gasteiger partial charge is 0.0341 e. The number of anilines is 1. The molecule has 1 aliphatic carbocycles. The van der Waals surface area contributed by atoms with E-state index in [9.17, 15) is 0 Å². The Bertz CT molecular complexity index is 329. The Kier molecular flexibility index (Phi) is 4.86. The second-order valence-corrected chi connectivity index (χ2v) is 5.81. The van der Waals surface area contributed by atoms with Crippen LogP contribution in [0.2, 0.25) is 0 Å². The first-order valence-corrected chi connectivity index (χ1v) is 7.24. The molecule has 0 radical (unpaired) electrons. The summed E-state index contributed by atoms with van der Waals surface area (Å²) >= 11 is 3.45. The average molecular weight is 297 g/mol. The van der Waals surface area contributed by atoms with Gasteiger partial charge in [-0.25, -0.2) is 0 Å². The van der Waals surface area contributed by atoms with Gasteiger partial charge in [-0.05, 0) is 62.9 Å². The molecular formula is C14H21BrN2. The van der Waals surface area contributed by atoms with Crippen LogP contribution in [0.25, 0.3) is 0 Å². The number of nitrogens with one attached hydrogen (secondary N) is 2. The minimum Gasteiger partial charge on any atom is -0.385 e. The highest BCUT2D eigenvalue weighted by atomic mass is 79.9. The van der Waals surface area contributed by atoms with E-state index in [2.05, 4.69) is 57.9 Å². The first kappa shape index (κ1) is 12.9. The molecule has 0 spiro atoms. The third kappa shape index (κ3) is 4.00.